The van der Waals surface area contributed by atoms with Crippen LogP contribution in [0.2, 0.25) is 0 Å². The lowest BCUT2D eigenvalue weighted by molar-refractivity contribution is 0.0909. The molecular formula is C19H22N4O3S. The zero-order valence-electron chi connectivity index (χ0n) is 15.4. The maximum Gasteiger partial charge on any atom is 0.278 e. The van der Waals surface area contributed by atoms with Crippen molar-refractivity contribution >= 4 is 32.6 Å². The van der Waals surface area contributed by atoms with Gasteiger partial charge in [0, 0.05) is 19.9 Å². The first-order valence-electron chi connectivity index (χ1n) is 9.10. The third-order valence-corrected chi connectivity index (χ3v) is 5.63. The number of carbonyl (C=O) groups excluding carboxylic acids is 1. The van der Waals surface area contributed by atoms with E-state index in [2.05, 4.69) is 5.10 Å². The Balaban J connectivity index is 1.69. The highest BCUT2D eigenvalue weighted by atomic mass is 32.1. The van der Waals surface area contributed by atoms with Crippen LogP contribution in [-0.2, 0) is 11.8 Å². The van der Waals surface area contributed by atoms with E-state index in [0.717, 1.165) is 35.4 Å². The molecule has 1 atom stereocenters. The van der Waals surface area contributed by atoms with Crippen LogP contribution in [0.15, 0.2) is 30.5 Å². The predicted octanol–water partition coefficient (Wildman–Crippen LogP) is 3.25. The summed E-state index contributed by atoms with van der Waals surface area (Å²) in [7, 11) is 1.77. The Morgan fingerprint density at radius 3 is 3.04 bits per heavy atom. The van der Waals surface area contributed by atoms with Gasteiger partial charge in [-0.2, -0.15) is 5.10 Å². The molecular weight excluding hydrogens is 364 g/mol. The fraction of sp³-hybridized carbons (Fsp3) is 0.421. The van der Waals surface area contributed by atoms with Crippen molar-refractivity contribution in [2.24, 2.45) is 7.05 Å². The van der Waals surface area contributed by atoms with Crippen LogP contribution in [0.4, 0.5) is 5.13 Å². The minimum absolute atomic E-state index is 0.0353. The molecule has 3 aromatic rings. The zero-order valence-corrected chi connectivity index (χ0v) is 16.2. The first-order chi connectivity index (χ1) is 13.2. The lowest BCUT2D eigenvalue weighted by atomic mass is 10.2. The van der Waals surface area contributed by atoms with Crippen LogP contribution in [0, 0.1) is 0 Å². The number of ether oxygens (including phenoxy) is 2. The van der Waals surface area contributed by atoms with Gasteiger partial charge in [0.15, 0.2) is 5.13 Å². The number of fused-ring (bicyclic) bond motifs is 1. The van der Waals surface area contributed by atoms with E-state index in [1.165, 1.54) is 11.3 Å². The lowest BCUT2D eigenvalue weighted by Crippen LogP contribution is -2.38. The number of aryl methyl sites for hydroxylation is 1. The maximum atomic E-state index is 13.2. The van der Waals surface area contributed by atoms with Gasteiger partial charge in [-0.25, -0.2) is 4.98 Å². The standard InChI is InChI=1S/C19H22N4O3S/c1-3-25-13-6-7-15-17(11-13)27-19(21-15)23(12-14-5-4-10-26-14)18(24)16-8-9-20-22(16)2/h6-9,11,14H,3-5,10,12H2,1-2H3/t14-/m1/s1. The fourth-order valence-electron chi connectivity index (χ4n) is 3.23. The fourth-order valence-corrected chi connectivity index (χ4v) is 4.23. The topological polar surface area (TPSA) is 69.5 Å². The molecule has 0 saturated carbocycles. The predicted molar refractivity (Wildman–Crippen MR) is 105 cm³/mol. The number of hydrogen-bond acceptors (Lipinski definition) is 6. The Hall–Kier alpha value is -2.45. The summed E-state index contributed by atoms with van der Waals surface area (Å²) in [5, 5.41) is 4.79. The first-order valence-corrected chi connectivity index (χ1v) is 9.92. The summed E-state index contributed by atoms with van der Waals surface area (Å²) in [5.41, 5.74) is 1.39. The first kappa shape index (κ1) is 17.9. The van der Waals surface area contributed by atoms with Crippen molar-refractivity contribution in [3.05, 3.63) is 36.2 Å². The third kappa shape index (κ3) is 3.68. The van der Waals surface area contributed by atoms with E-state index in [-0.39, 0.29) is 12.0 Å². The van der Waals surface area contributed by atoms with Gasteiger partial charge in [0.2, 0.25) is 0 Å². The Morgan fingerprint density at radius 2 is 2.33 bits per heavy atom. The van der Waals surface area contributed by atoms with E-state index in [4.69, 9.17) is 14.5 Å². The molecule has 0 bridgehead atoms. The molecule has 0 unspecified atom stereocenters. The number of thiazole rings is 1. The number of rotatable bonds is 6. The number of hydrogen-bond donors (Lipinski definition) is 0. The molecule has 1 saturated heterocycles. The summed E-state index contributed by atoms with van der Waals surface area (Å²) in [6.45, 7) is 3.80. The number of benzene rings is 1. The van der Waals surface area contributed by atoms with Gasteiger partial charge < -0.3 is 9.47 Å². The van der Waals surface area contributed by atoms with Gasteiger partial charge in [-0.15, -0.1) is 0 Å². The number of anilines is 1. The van der Waals surface area contributed by atoms with E-state index in [0.29, 0.717) is 24.0 Å². The highest BCUT2D eigenvalue weighted by Crippen LogP contribution is 2.33. The highest BCUT2D eigenvalue weighted by molar-refractivity contribution is 7.22. The molecule has 7 nitrogen and oxygen atoms in total. The second-order valence-electron chi connectivity index (χ2n) is 6.45. The zero-order chi connectivity index (χ0) is 18.8. The molecule has 0 N–H and O–H groups in total. The monoisotopic (exact) mass is 386 g/mol. The van der Waals surface area contributed by atoms with Crippen LogP contribution in [0.3, 0.4) is 0 Å². The largest absolute Gasteiger partial charge is 0.494 e. The molecule has 4 rings (SSSR count). The van der Waals surface area contributed by atoms with Crippen molar-refractivity contribution in [3.63, 3.8) is 0 Å². The molecule has 0 spiro atoms. The van der Waals surface area contributed by atoms with Crippen molar-refractivity contribution in [3.8, 4) is 5.75 Å². The molecule has 1 aromatic carbocycles. The van der Waals surface area contributed by atoms with Crippen molar-refractivity contribution < 1.29 is 14.3 Å². The molecule has 0 radical (unpaired) electrons. The Kier molecular flexibility index (Phi) is 5.09. The molecule has 27 heavy (non-hydrogen) atoms. The van der Waals surface area contributed by atoms with Crippen LogP contribution in [0.25, 0.3) is 10.2 Å². The normalized spacial score (nSPS) is 16.7. The van der Waals surface area contributed by atoms with Crippen LogP contribution in [-0.4, -0.2) is 46.5 Å². The van der Waals surface area contributed by atoms with Gasteiger partial charge >= 0.3 is 0 Å². The van der Waals surface area contributed by atoms with Crippen molar-refractivity contribution in [1.82, 2.24) is 14.8 Å². The summed E-state index contributed by atoms with van der Waals surface area (Å²) in [6, 6.07) is 7.53. The molecule has 1 aliphatic heterocycles. The van der Waals surface area contributed by atoms with Crippen LogP contribution >= 0.6 is 11.3 Å². The molecule has 1 fully saturated rings. The van der Waals surface area contributed by atoms with E-state index in [9.17, 15) is 4.79 Å². The van der Waals surface area contributed by atoms with Gasteiger partial charge in [0.1, 0.15) is 11.4 Å². The van der Waals surface area contributed by atoms with Crippen LogP contribution < -0.4 is 9.64 Å². The van der Waals surface area contributed by atoms with E-state index >= 15 is 0 Å². The van der Waals surface area contributed by atoms with Crippen LogP contribution in [0.5, 0.6) is 5.75 Å². The van der Waals surface area contributed by atoms with Gasteiger partial charge in [0.25, 0.3) is 5.91 Å². The van der Waals surface area contributed by atoms with Crippen molar-refractivity contribution in [2.45, 2.75) is 25.9 Å². The molecule has 3 heterocycles. The Labute approximate surface area is 161 Å². The molecule has 0 aliphatic carbocycles. The molecule has 1 amide bonds. The van der Waals surface area contributed by atoms with Gasteiger partial charge in [-0.1, -0.05) is 11.3 Å². The number of aromatic nitrogens is 3. The Morgan fingerprint density at radius 1 is 1.44 bits per heavy atom. The smallest absolute Gasteiger partial charge is 0.278 e. The Bertz CT molecular complexity index is 945. The van der Waals surface area contributed by atoms with Crippen LogP contribution in [0.1, 0.15) is 30.3 Å². The third-order valence-electron chi connectivity index (χ3n) is 4.59. The number of amides is 1. The molecule has 2 aromatic heterocycles. The van der Waals surface area contributed by atoms with Gasteiger partial charge in [-0.05, 0) is 44.0 Å². The van der Waals surface area contributed by atoms with Gasteiger partial charge in [-0.3, -0.25) is 14.4 Å². The van der Waals surface area contributed by atoms with Crippen molar-refractivity contribution in [2.75, 3.05) is 24.7 Å². The average Bonchev–Trinajstić information content (AvgIpc) is 3.39. The second-order valence-corrected chi connectivity index (χ2v) is 7.46. The lowest BCUT2D eigenvalue weighted by Gasteiger charge is -2.22. The highest BCUT2D eigenvalue weighted by Gasteiger charge is 2.28. The summed E-state index contributed by atoms with van der Waals surface area (Å²) < 4.78 is 13.9. The van der Waals surface area contributed by atoms with Gasteiger partial charge in [0.05, 0.1) is 29.5 Å². The summed E-state index contributed by atoms with van der Waals surface area (Å²) in [5.74, 6) is 0.693. The minimum atomic E-state index is -0.116. The van der Waals surface area contributed by atoms with Crippen molar-refractivity contribution in [1.29, 1.82) is 0 Å². The second kappa shape index (κ2) is 7.66. The van der Waals surface area contributed by atoms with E-state index in [1.54, 1.807) is 28.9 Å². The quantitative estimate of drug-likeness (QED) is 0.650. The van der Waals surface area contributed by atoms with E-state index < -0.39 is 0 Å². The number of carbonyl (C=O) groups is 1. The van der Waals surface area contributed by atoms with E-state index in [1.807, 2.05) is 25.1 Å². The SMILES string of the molecule is CCOc1ccc2nc(N(C[C@H]3CCCO3)C(=O)c3ccnn3C)sc2c1. The molecule has 1 aliphatic rings. The summed E-state index contributed by atoms with van der Waals surface area (Å²) >= 11 is 1.49. The molecule has 142 valence electrons. The average molecular weight is 386 g/mol. The summed E-state index contributed by atoms with van der Waals surface area (Å²) in [4.78, 5) is 19.6. The molecule has 8 heteroatoms. The minimum Gasteiger partial charge on any atom is -0.494 e. The maximum absolute atomic E-state index is 13.2. The number of nitrogens with zero attached hydrogens (tertiary/aromatic N) is 4. The summed E-state index contributed by atoms with van der Waals surface area (Å²) in [6.07, 6.45) is 3.64.